The minimum atomic E-state index is 0.318. The Hall–Kier alpha value is -0.450. The molecule has 0 saturated carbocycles. The molecule has 3 nitrogen and oxygen atoms in total. The smallest absolute Gasteiger partial charge is 0.0897 e. The zero-order valence-electron chi connectivity index (χ0n) is 9.33. The minimum absolute atomic E-state index is 0.318. The van der Waals surface area contributed by atoms with E-state index in [0.29, 0.717) is 6.61 Å². The van der Waals surface area contributed by atoms with Gasteiger partial charge in [0, 0.05) is 25.0 Å². The third-order valence-electron chi connectivity index (χ3n) is 2.24. The second kappa shape index (κ2) is 7.79. The van der Waals surface area contributed by atoms with Crippen molar-refractivity contribution >= 4 is 11.3 Å². The third-order valence-corrected chi connectivity index (χ3v) is 3.06. The van der Waals surface area contributed by atoms with Crippen LogP contribution in [0.15, 0.2) is 5.38 Å². The van der Waals surface area contributed by atoms with E-state index in [1.165, 1.54) is 5.69 Å². The Morgan fingerprint density at radius 2 is 2.20 bits per heavy atom. The summed E-state index contributed by atoms with van der Waals surface area (Å²) in [5.41, 5.74) is 1.19. The van der Waals surface area contributed by atoms with Crippen molar-refractivity contribution in [3.05, 3.63) is 16.1 Å². The topological polar surface area (TPSA) is 45.2 Å². The molecule has 0 saturated heterocycles. The van der Waals surface area contributed by atoms with Gasteiger partial charge in [-0.05, 0) is 32.7 Å². The van der Waals surface area contributed by atoms with Crippen LogP contribution in [0.5, 0.6) is 0 Å². The van der Waals surface area contributed by atoms with E-state index in [1.54, 1.807) is 11.3 Å². The first-order chi connectivity index (χ1) is 7.33. The molecule has 0 unspecified atom stereocenters. The highest BCUT2D eigenvalue weighted by Gasteiger charge is 1.97. The van der Waals surface area contributed by atoms with Crippen molar-refractivity contribution in [2.24, 2.45) is 0 Å². The normalized spacial score (nSPS) is 10.8. The van der Waals surface area contributed by atoms with E-state index in [0.717, 1.165) is 43.8 Å². The lowest BCUT2D eigenvalue weighted by molar-refractivity contribution is 0.283. The van der Waals surface area contributed by atoms with E-state index in [2.05, 4.69) is 15.7 Å². The summed E-state index contributed by atoms with van der Waals surface area (Å²) in [7, 11) is 0. The molecule has 1 aromatic heterocycles. The van der Waals surface area contributed by atoms with Crippen molar-refractivity contribution in [2.45, 2.75) is 32.6 Å². The van der Waals surface area contributed by atoms with Crippen molar-refractivity contribution in [1.82, 2.24) is 10.3 Å². The maximum absolute atomic E-state index is 8.59. The summed E-state index contributed by atoms with van der Waals surface area (Å²) >= 11 is 1.71. The first-order valence-corrected chi connectivity index (χ1v) is 6.43. The lowest BCUT2D eigenvalue weighted by Gasteiger charge is -2.02. The van der Waals surface area contributed by atoms with Crippen LogP contribution in [-0.4, -0.2) is 29.8 Å². The van der Waals surface area contributed by atoms with Crippen molar-refractivity contribution in [3.63, 3.8) is 0 Å². The number of hydrogen-bond donors (Lipinski definition) is 2. The number of hydrogen-bond acceptors (Lipinski definition) is 4. The minimum Gasteiger partial charge on any atom is -0.396 e. The zero-order valence-corrected chi connectivity index (χ0v) is 10.1. The van der Waals surface area contributed by atoms with Crippen LogP contribution in [0.25, 0.3) is 0 Å². The number of aliphatic hydroxyl groups excluding tert-OH is 1. The Morgan fingerprint density at radius 3 is 2.87 bits per heavy atom. The lowest BCUT2D eigenvalue weighted by Crippen LogP contribution is -2.18. The number of aliphatic hydroxyl groups is 1. The van der Waals surface area contributed by atoms with Crippen LogP contribution in [0.3, 0.4) is 0 Å². The monoisotopic (exact) mass is 228 g/mol. The van der Waals surface area contributed by atoms with Gasteiger partial charge in [-0.1, -0.05) is 0 Å². The first-order valence-electron chi connectivity index (χ1n) is 5.55. The number of rotatable bonds is 8. The van der Waals surface area contributed by atoms with Gasteiger partial charge in [-0.3, -0.25) is 0 Å². The molecule has 1 aromatic rings. The molecule has 1 heterocycles. The van der Waals surface area contributed by atoms with Crippen molar-refractivity contribution < 1.29 is 5.11 Å². The van der Waals surface area contributed by atoms with Crippen molar-refractivity contribution in [1.29, 1.82) is 0 Å². The number of aromatic nitrogens is 1. The molecule has 2 N–H and O–H groups in total. The molecule has 0 radical (unpaired) electrons. The quantitative estimate of drug-likeness (QED) is 0.666. The molecule has 0 fully saturated rings. The van der Waals surface area contributed by atoms with E-state index in [4.69, 9.17) is 5.11 Å². The van der Waals surface area contributed by atoms with Crippen LogP contribution in [0, 0.1) is 6.92 Å². The van der Waals surface area contributed by atoms with Crippen LogP contribution >= 0.6 is 11.3 Å². The largest absolute Gasteiger partial charge is 0.396 e. The van der Waals surface area contributed by atoms with Gasteiger partial charge in [0.25, 0.3) is 0 Å². The summed E-state index contributed by atoms with van der Waals surface area (Å²) in [4.78, 5) is 4.40. The molecule has 0 aliphatic heterocycles. The predicted octanol–water partition coefficient (Wildman–Crippen LogP) is 1.75. The van der Waals surface area contributed by atoms with E-state index < -0.39 is 0 Å². The lowest BCUT2D eigenvalue weighted by atomic mass is 10.2. The number of aryl methyl sites for hydroxylation is 1. The maximum Gasteiger partial charge on any atom is 0.0897 e. The highest BCUT2D eigenvalue weighted by molar-refractivity contribution is 7.09. The van der Waals surface area contributed by atoms with E-state index >= 15 is 0 Å². The number of nitrogens with zero attached hydrogens (tertiary/aromatic N) is 1. The Kier molecular flexibility index (Phi) is 6.55. The molecule has 0 bridgehead atoms. The molecule has 15 heavy (non-hydrogen) atoms. The van der Waals surface area contributed by atoms with Gasteiger partial charge >= 0.3 is 0 Å². The first kappa shape index (κ1) is 12.6. The van der Waals surface area contributed by atoms with Gasteiger partial charge in [0.2, 0.25) is 0 Å². The number of thiazole rings is 1. The molecule has 4 heteroatoms. The van der Waals surface area contributed by atoms with Crippen molar-refractivity contribution in [3.8, 4) is 0 Å². The van der Waals surface area contributed by atoms with Gasteiger partial charge in [0.05, 0.1) is 10.7 Å². The van der Waals surface area contributed by atoms with Crippen LogP contribution in [0.4, 0.5) is 0 Å². The van der Waals surface area contributed by atoms with Gasteiger partial charge in [-0.25, -0.2) is 4.98 Å². The second-order valence-electron chi connectivity index (χ2n) is 3.64. The van der Waals surface area contributed by atoms with Gasteiger partial charge in [-0.15, -0.1) is 11.3 Å². The maximum atomic E-state index is 8.59. The van der Waals surface area contributed by atoms with Crippen LogP contribution in [0.2, 0.25) is 0 Å². The zero-order chi connectivity index (χ0) is 10.9. The molecule has 0 aliphatic rings. The molecule has 86 valence electrons. The van der Waals surface area contributed by atoms with Gasteiger partial charge in [-0.2, -0.15) is 0 Å². The molecular formula is C11H20N2OS. The van der Waals surface area contributed by atoms with Crippen LogP contribution in [0.1, 0.15) is 30.0 Å². The summed E-state index contributed by atoms with van der Waals surface area (Å²) in [6.45, 7) is 4.40. The number of nitrogens with one attached hydrogen (secondary N) is 1. The third kappa shape index (κ3) is 5.87. The molecule has 0 atom stereocenters. The van der Waals surface area contributed by atoms with Gasteiger partial charge in [0.1, 0.15) is 0 Å². The average Bonchev–Trinajstić information content (AvgIpc) is 2.63. The second-order valence-corrected chi connectivity index (χ2v) is 4.70. The molecule has 0 spiro atoms. The standard InChI is InChI=1S/C11H20N2OS/c1-10-13-11(9-15-10)5-7-12-6-3-2-4-8-14/h9,12,14H,2-8H2,1H3. The Labute approximate surface area is 95.6 Å². The van der Waals surface area contributed by atoms with E-state index in [-0.39, 0.29) is 0 Å². The van der Waals surface area contributed by atoms with Crippen molar-refractivity contribution in [2.75, 3.05) is 19.7 Å². The molecular weight excluding hydrogens is 208 g/mol. The fraction of sp³-hybridized carbons (Fsp3) is 0.727. The molecule has 0 aliphatic carbocycles. The molecule has 1 rings (SSSR count). The summed E-state index contributed by atoms with van der Waals surface area (Å²) < 4.78 is 0. The predicted molar refractivity (Wildman–Crippen MR) is 64.4 cm³/mol. The fourth-order valence-electron chi connectivity index (χ4n) is 1.40. The van der Waals surface area contributed by atoms with Gasteiger partial charge in [0.15, 0.2) is 0 Å². The SMILES string of the molecule is Cc1nc(CCNCCCCCO)cs1. The highest BCUT2D eigenvalue weighted by Crippen LogP contribution is 2.07. The Bertz CT molecular complexity index is 263. The molecule has 0 aromatic carbocycles. The Balaban J connectivity index is 1.93. The summed E-state index contributed by atoms with van der Waals surface area (Å²) in [6.07, 6.45) is 4.20. The average molecular weight is 228 g/mol. The summed E-state index contributed by atoms with van der Waals surface area (Å²) in [5.74, 6) is 0. The van der Waals surface area contributed by atoms with E-state index in [1.807, 2.05) is 6.92 Å². The number of unbranched alkanes of at least 4 members (excludes halogenated alkanes) is 2. The summed E-state index contributed by atoms with van der Waals surface area (Å²) in [5, 5.41) is 15.3. The van der Waals surface area contributed by atoms with Crippen LogP contribution < -0.4 is 5.32 Å². The van der Waals surface area contributed by atoms with Gasteiger partial charge < -0.3 is 10.4 Å². The molecule has 0 amide bonds. The summed E-state index contributed by atoms with van der Waals surface area (Å²) in [6, 6.07) is 0. The fourth-order valence-corrected chi connectivity index (χ4v) is 2.05. The van der Waals surface area contributed by atoms with Crippen LogP contribution in [-0.2, 0) is 6.42 Å². The van der Waals surface area contributed by atoms with E-state index in [9.17, 15) is 0 Å². The Morgan fingerprint density at radius 1 is 1.33 bits per heavy atom. The highest BCUT2D eigenvalue weighted by atomic mass is 32.1.